The average molecular weight is 615 g/mol. The van der Waals surface area contributed by atoms with Crippen LogP contribution in [-0.2, 0) is 25.5 Å². The van der Waals surface area contributed by atoms with E-state index in [4.69, 9.17) is 34.6 Å². The van der Waals surface area contributed by atoms with Gasteiger partial charge in [0.1, 0.15) is 5.75 Å². The van der Waals surface area contributed by atoms with Gasteiger partial charge in [0.05, 0.1) is 19.7 Å². The largest absolute Gasteiger partial charge is 0.494 e. The number of carbonyl (C=O) groups is 1. The van der Waals surface area contributed by atoms with Crippen molar-refractivity contribution in [1.29, 1.82) is 0 Å². The van der Waals surface area contributed by atoms with Crippen LogP contribution in [0.4, 0.5) is 0 Å². The molecule has 1 aliphatic rings. The number of hydrogen-bond donors (Lipinski definition) is 3. The number of hydrogen-bond acceptors (Lipinski definition) is 9. The lowest BCUT2D eigenvalue weighted by Crippen LogP contribution is -2.54. The number of aliphatic imine (C=N–C) groups is 1. The van der Waals surface area contributed by atoms with Crippen molar-refractivity contribution >= 4 is 17.9 Å². The van der Waals surface area contributed by atoms with E-state index >= 15 is 0 Å². The van der Waals surface area contributed by atoms with E-state index in [0.29, 0.717) is 35.5 Å². The molecule has 0 saturated carbocycles. The number of aliphatic hydroxyl groups is 1. The molecule has 12 nitrogen and oxygen atoms in total. The van der Waals surface area contributed by atoms with Crippen molar-refractivity contribution in [2.24, 2.45) is 10.1 Å². The Morgan fingerprint density at radius 3 is 2.56 bits per heavy atom. The van der Waals surface area contributed by atoms with E-state index in [1.54, 1.807) is 12.1 Å². The Labute approximate surface area is 262 Å². The number of rotatable bonds is 17. The summed E-state index contributed by atoms with van der Waals surface area (Å²) in [5.41, 5.74) is 16.3. The molecule has 2 atom stereocenters. The maximum Gasteiger partial charge on any atom is 0.266 e. The van der Waals surface area contributed by atoms with E-state index in [1.165, 1.54) is 14.2 Å². The standard InChI is InChI=1S/C33H38N6O6/c1-42-29(43-2)23-35-38-32(41)33(19-8-12-24-10-4-3-5-11-24)30(28-14-7-6-13-26(28)22-36-39-34)45-31(37-33)25-15-17-27(18-16-25)44-21-9-20-40/h3-8,10-18,29-30,35,40H,9,19-23H2,1-2H3,(H,38,41)/b12-8+/t30-,33-/m0/s1. The molecule has 1 aliphatic heterocycles. The van der Waals surface area contributed by atoms with Gasteiger partial charge in [-0.25, -0.2) is 10.4 Å². The molecule has 1 heterocycles. The normalized spacial score (nSPS) is 17.5. The van der Waals surface area contributed by atoms with Crippen LogP contribution in [0.3, 0.4) is 0 Å². The van der Waals surface area contributed by atoms with E-state index in [2.05, 4.69) is 20.9 Å². The first-order valence-electron chi connectivity index (χ1n) is 14.5. The number of benzene rings is 3. The Hall–Kier alpha value is -4.71. The number of carbonyl (C=O) groups excluding carboxylic acids is 1. The SMILES string of the molecule is COC(CNNC(=O)[C@@]1(C/C=C/c2ccccc2)N=C(c2ccc(OCCCO)cc2)O[C@H]1c1ccccc1CN=[N+]=[N-])OC. The molecule has 0 fully saturated rings. The third-order valence-corrected chi connectivity index (χ3v) is 7.21. The molecule has 0 saturated heterocycles. The number of amides is 1. The first-order valence-corrected chi connectivity index (χ1v) is 14.5. The quantitative estimate of drug-likeness (QED) is 0.0489. The minimum absolute atomic E-state index is 0.0422. The Balaban J connectivity index is 1.77. The van der Waals surface area contributed by atoms with Crippen LogP contribution >= 0.6 is 0 Å². The molecule has 0 aromatic heterocycles. The summed E-state index contributed by atoms with van der Waals surface area (Å²) in [5.74, 6) is 0.469. The molecule has 45 heavy (non-hydrogen) atoms. The molecule has 0 unspecified atom stereocenters. The molecule has 4 rings (SSSR count). The third-order valence-electron chi connectivity index (χ3n) is 7.21. The second kappa shape index (κ2) is 17.0. The second-order valence-corrected chi connectivity index (χ2v) is 10.1. The summed E-state index contributed by atoms with van der Waals surface area (Å²) in [5, 5.41) is 12.8. The monoisotopic (exact) mass is 614 g/mol. The predicted octanol–water partition coefficient (Wildman–Crippen LogP) is 4.86. The highest BCUT2D eigenvalue weighted by Gasteiger charge is 2.53. The zero-order valence-corrected chi connectivity index (χ0v) is 25.3. The van der Waals surface area contributed by atoms with Gasteiger partial charge >= 0.3 is 0 Å². The van der Waals surface area contributed by atoms with Gasteiger partial charge in [0.25, 0.3) is 5.91 Å². The summed E-state index contributed by atoms with van der Waals surface area (Å²) in [7, 11) is 3.02. The first-order chi connectivity index (χ1) is 22.0. The van der Waals surface area contributed by atoms with Crippen LogP contribution in [0.1, 0.15) is 41.2 Å². The maximum atomic E-state index is 14.3. The number of aliphatic hydroxyl groups excluding tert-OH is 1. The molecule has 3 N–H and O–H groups in total. The van der Waals surface area contributed by atoms with Gasteiger partial charge in [-0.1, -0.05) is 71.9 Å². The van der Waals surface area contributed by atoms with Gasteiger partial charge in [0.2, 0.25) is 5.90 Å². The zero-order chi connectivity index (χ0) is 31.9. The van der Waals surface area contributed by atoms with Gasteiger partial charge in [0, 0.05) is 44.1 Å². The highest BCUT2D eigenvalue weighted by Crippen LogP contribution is 2.44. The fourth-order valence-corrected chi connectivity index (χ4v) is 4.86. The minimum Gasteiger partial charge on any atom is -0.494 e. The van der Waals surface area contributed by atoms with Crippen molar-refractivity contribution in [3.05, 3.63) is 118 Å². The predicted molar refractivity (Wildman–Crippen MR) is 170 cm³/mol. The Morgan fingerprint density at radius 1 is 1.11 bits per heavy atom. The number of nitrogens with one attached hydrogen (secondary N) is 2. The summed E-state index contributed by atoms with van der Waals surface area (Å²) in [6.07, 6.45) is 3.08. The molecular weight excluding hydrogens is 576 g/mol. The minimum atomic E-state index is -1.47. The Kier molecular flexibility index (Phi) is 12.5. The van der Waals surface area contributed by atoms with Crippen molar-refractivity contribution in [2.75, 3.05) is 34.0 Å². The lowest BCUT2D eigenvalue weighted by atomic mass is 9.82. The number of hydrazine groups is 1. The van der Waals surface area contributed by atoms with Crippen LogP contribution in [-0.4, -0.2) is 62.7 Å². The van der Waals surface area contributed by atoms with Crippen molar-refractivity contribution in [3.63, 3.8) is 0 Å². The van der Waals surface area contributed by atoms with Gasteiger partial charge < -0.3 is 24.1 Å². The van der Waals surface area contributed by atoms with E-state index in [-0.39, 0.29) is 32.0 Å². The van der Waals surface area contributed by atoms with Gasteiger partial charge in [-0.15, -0.1) is 0 Å². The molecule has 0 bridgehead atoms. The lowest BCUT2D eigenvalue weighted by Gasteiger charge is -2.31. The number of nitrogens with zero attached hydrogens (tertiary/aromatic N) is 4. The smallest absolute Gasteiger partial charge is 0.266 e. The average Bonchev–Trinajstić information content (AvgIpc) is 3.47. The van der Waals surface area contributed by atoms with E-state index in [0.717, 1.165) is 5.56 Å². The fourth-order valence-electron chi connectivity index (χ4n) is 4.86. The molecule has 0 radical (unpaired) electrons. The van der Waals surface area contributed by atoms with Crippen LogP contribution in [0.15, 0.2) is 95.0 Å². The third kappa shape index (κ3) is 8.69. The van der Waals surface area contributed by atoms with Crippen molar-refractivity contribution in [1.82, 2.24) is 10.9 Å². The highest BCUT2D eigenvalue weighted by molar-refractivity contribution is 6.01. The Morgan fingerprint density at radius 2 is 1.84 bits per heavy atom. The van der Waals surface area contributed by atoms with Crippen LogP contribution in [0.5, 0.6) is 5.75 Å². The van der Waals surface area contributed by atoms with Gasteiger partial charge in [0.15, 0.2) is 17.9 Å². The number of methoxy groups -OCH3 is 2. The van der Waals surface area contributed by atoms with Crippen molar-refractivity contribution in [2.45, 2.75) is 37.3 Å². The van der Waals surface area contributed by atoms with Crippen LogP contribution in [0, 0.1) is 0 Å². The second-order valence-electron chi connectivity index (χ2n) is 10.1. The summed E-state index contributed by atoms with van der Waals surface area (Å²) in [6.45, 7) is 0.678. The van der Waals surface area contributed by atoms with Gasteiger partial charge in [-0.2, -0.15) is 0 Å². The first kappa shape index (κ1) is 33.2. The molecule has 3 aromatic carbocycles. The lowest BCUT2D eigenvalue weighted by molar-refractivity contribution is -0.131. The summed E-state index contributed by atoms with van der Waals surface area (Å²) in [4.78, 5) is 22.2. The maximum absolute atomic E-state index is 14.3. The highest BCUT2D eigenvalue weighted by atomic mass is 16.7. The van der Waals surface area contributed by atoms with E-state index in [1.807, 2.05) is 78.9 Å². The number of azide groups is 1. The molecule has 0 spiro atoms. The summed E-state index contributed by atoms with van der Waals surface area (Å²) < 4.78 is 22.7. The summed E-state index contributed by atoms with van der Waals surface area (Å²) in [6, 6.07) is 24.3. The van der Waals surface area contributed by atoms with Crippen LogP contribution in [0.25, 0.3) is 16.5 Å². The van der Waals surface area contributed by atoms with Crippen LogP contribution in [0.2, 0.25) is 0 Å². The molecule has 12 heteroatoms. The molecule has 236 valence electrons. The van der Waals surface area contributed by atoms with E-state index in [9.17, 15) is 4.79 Å². The fraction of sp³-hybridized carbons (Fsp3) is 0.333. The molecule has 1 amide bonds. The number of ether oxygens (including phenoxy) is 4. The Bertz CT molecular complexity index is 1490. The van der Waals surface area contributed by atoms with Gasteiger partial charge in [-0.05, 0) is 46.5 Å². The van der Waals surface area contributed by atoms with Crippen molar-refractivity contribution < 1.29 is 28.8 Å². The van der Waals surface area contributed by atoms with E-state index < -0.39 is 23.8 Å². The molecular formula is C33H38N6O6. The molecule has 0 aliphatic carbocycles. The summed E-state index contributed by atoms with van der Waals surface area (Å²) >= 11 is 0. The molecule has 3 aromatic rings. The zero-order valence-electron chi connectivity index (χ0n) is 25.3. The van der Waals surface area contributed by atoms with Crippen molar-refractivity contribution in [3.8, 4) is 5.75 Å². The topological polar surface area (TPSA) is 159 Å². The van der Waals surface area contributed by atoms with Gasteiger partial charge in [-0.3, -0.25) is 10.2 Å². The van der Waals surface area contributed by atoms with Crippen LogP contribution < -0.4 is 15.6 Å².